The molecule has 0 amide bonds. The maximum atomic E-state index is 10.5. The lowest BCUT2D eigenvalue weighted by molar-refractivity contribution is -0.141. The SMILES string of the molecule is CCNC(C)CCCC(C)C(=O)O. The third-order valence-electron chi connectivity index (χ3n) is 2.25. The number of aliphatic carboxylic acids is 1. The Hall–Kier alpha value is -0.570. The molecule has 0 bridgehead atoms. The van der Waals surface area contributed by atoms with E-state index in [-0.39, 0.29) is 5.92 Å². The van der Waals surface area contributed by atoms with Crippen molar-refractivity contribution in [3.63, 3.8) is 0 Å². The van der Waals surface area contributed by atoms with E-state index in [0.717, 1.165) is 25.8 Å². The minimum absolute atomic E-state index is 0.200. The quantitative estimate of drug-likeness (QED) is 0.639. The molecular weight excluding hydrogens is 166 g/mol. The summed E-state index contributed by atoms with van der Waals surface area (Å²) in [6.45, 7) is 6.96. The van der Waals surface area contributed by atoms with Gasteiger partial charge in [0.2, 0.25) is 0 Å². The second-order valence-corrected chi connectivity index (χ2v) is 3.63. The van der Waals surface area contributed by atoms with Crippen LogP contribution in [0.15, 0.2) is 0 Å². The fourth-order valence-corrected chi connectivity index (χ4v) is 1.30. The zero-order valence-corrected chi connectivity index (χ0v) is 8.84. The van der Waals surface area contributed by atoms with Gasteiger partial charge >= 0.3 is 5.97 Å². The molecule has 0 spiro atoms. The number of hydrogen-bond acceptors (Lipinski definition) is 2. The van der Waals surface area contributed by atoms with Crippen molar-refractivity contribution >= 4 is 5.97 Å². The van der Waals surface area contributed by atoms with Crippen molar-refractivity contribution in [2.45, 2.75) is 46.1 Å². The number of nitrogens with one attached hydrogen (secondary N) is 1. The van der Waals surface area contributed by atoms with Crippen molar-refractivity contribution < 1.29 is 9.90 Å². The summed E-state index contributed by atoms with van der Waals surface area (Å²) in [5.74, 6) is -0.884. The molecule has 0 aromatic heterocycles. The first-order chi connectivity index (χ1) is 6.07. The maximum absolute atomic E-state index is 10.5. The molecule has 2 atom stereocenters. The van der Waals surface area contributed by atoms with Gasteiger partial charge in [0, 0.05) is 6.04 Å². The highest BCUT2D eigenvalue weighted by atomic mass is 16.4. The van der Waals surface area contributed by atoms with E-state index in [0.29, 0.717) is 6.04 Å². The Labute approximate surface area is 80.5 Å². The predicted octanol–water partition coefficient (Wildman–Crippen LogP) is 1.88. The van der Waals surface area contributed by atoms with Crippen molar-refractivity contribution in [3.05, 3.63) is 0 Å². The van der Waals surface area contributed by atoms with E-state index in [1.165, 1.54) is 0 Å². The Morgan fingerprint density at radius 2 is 2.00 bits per heavy atom. The van der Waals surface area contributed by atoms with Gasteiger partial charge in [-0.15, -0.1) is 0 Å². The summed E-state index contributed by atoms with van der Waals surface area (Å²) in [5.41, 5.74) is 0. The van der Waals surface area contributed by atoms with Gasteiger partial charge in [-0.3, -0.25) is 4.79 Å². The Morgan fingerprint density at radius 3 is 2.46 bits per heavy atom. The van der Waals surface area contributed by atoms with Crippen molar-refractivity contribution in [2.24, 2.45) is 5.92 Å². The predicted molar refractivity (Wildman–Crippen MR) is 53.8 cm³/mol. The largest absolute Gasteiger partial charge is 0.481 e. The minimum Gasteiger partial charge on any atom is -0.481 e. The maximum Gasteiger partial charge on any atom is 0.306 e. The number of carbonyl (C=O) groups is 1. The highest BCUT2D eigenvalue weighted by Crippen LogP contribution is 2.09. The third kappa shape index (κ3) is 6.58. The van der Waals surface area contributed by atoms with Crippen molar-refractivity contribution in [1.29, 1.82) is 0 Å². The van der Waals surface area contributed by atoms with E-state index >= 15 is 0 Å². The summed E-state index contributed by atoms with van der Waals surface area (Å²) >= 11 is 0. The summed E-state index contributed by atoms with van der Waals surface area (Å²) < 4.78 is 0. The van der Waals surface area contributed by atoms with Crippen LogP contribution in [0.1, 0.15) is 40.0 Å². The average Bonchev–Trinajstić information content (AvgIpc) is 2.04. The molecule has 2 unspecified atom stereocenters. The van der Waals surface area contributed by atoms with Crippen molar-refractivity contribution in [1.82, 2.24) is 5.32 Å². The van der Waals surface area contributed by atoms with E-state index in [1.807, 2.05) is 0 Å². The molecule has 0 aromatic rings. The second kappa shape index (κ2) is 6.89. The summed E-state index contributed by atoms with van der Waals surface area (Å²) in [6.07, 6.45) is 2.83. The normalized spacial score (nSPS) is 15.3. The van der Waals surface area contributed by atoms with Gasteiger partial charge in [-0.2, -0.15) is 0 Å². The van der Waals surface area contributed by atoms with E-state index in [1.54, 1.807) is 6.92 Å². The fraction of sp³-hybridized carbons (Fsp3) is 0.900. The molecule has 0 aliphatic heterocycles. The summed E-state index contributed by atoms with van der Waals surface area (Å²) in [6, 6.07) is 0.506. The van der Waals surface area contributed by atoms with Crippen LogP contribution in [0.3, 0.4) is 0 Å². The molecule has 0 heterocycles. The van der Waals surface area contributed by atoms with Crippen LogP contribution in [0.4, 0.5) is 0 Å². The van der Waals surface area contributed by atoms with E-state index in [4.69, 9.17) is 5.11 Å². The lowest BCUT2D eigenvalue weighted by Gasteiger charge is -2.12. The van der Waals surface area contributed by atoms with Gasteiger partial charge < -0.3 is 10.4 Å². The van der Waals surface area contributed by atoms with Crippen LogP contribution in [0.25, 0.3) is 0 Å². The third-order valence-corrected chi connectivity index (χ3v) is 2.25. The molecule has 3 nitrogen and oxygen atoms in total. The second-order valence-electron chi connectivity index (χ2n) is 3.63. The van der Waals surface area contributed by atoms with E-state index < -0.39 is 5.97 Å². The number of carboxylic acid groups (broad SMARTS) is 1. The van der Waals surface area contributed by atoms with Gasteiger partial charge in [-0.25, -0.2) is 0 Å². The van der Waals surface area contributed by atoms with Gasteiger partial charge in [0.1, 0.15) is 0 Å². The molecule has 0 aliphatic rings. The monoisotopic (exact) mass is 187 g/mol. The Balaban J connectivity index is 3.39. The first-order valence-corrected chi connectivity index (χ1v) is 5.04. The lowest BCUT2D eigenvalue weighted by atomic mass is 10.0. The highest BCUT2D eigenvalue weighted by Gasteiger charge is 2.10. The molecular formula is C10H21NO2. The summed E-state index contributed by atoms with van der Waals surface area (Å²) in [7, 11) is 0. The highest BCUT2D eigenvalue weighted by molar-refractivity contribution is 5.69. The van der Waals surface area contributed by atoms with Gasteiger partial charge in [-0.05, 0) is 26.3 Å². The van der Waals surface area contributed by atoms with Crippen molar-refractivity contribution in [2.75, 3.05) is 6.54 Å². The average molecular weight is 187 g/mol. The smallest absolute Gasteiger partial charge is 0.306 e. The van der Waals surface area contributed by atoms with Crippen LogP contribution in [0, 0.1) is 5.92 Å². The van der Waals surface area contributed by atoms with Crippen LogP contribution in [0.2, 0.25) is 0 Å². The van der Waals surface area contributed by atoms with Crippen LogP contribution in [-0.4, -0.2) is 23.7 Å². The number of hydrogen-bond donors (Lipinski definition) is 2. The Morgan fingerprint density at radius 1 is 1.38 bits per heavy atom. The standard InChI is InChI=1S/C10H21NO2/c1-4-11-9(3)7-5-6-8(2)10(12)13/h8-9,11H,4-7H2,1-3H3,(H,12,13). The first-order valence-electron chi connectivity index (χ1n) is 5.04. The molecule has 0 aromatic carbocycles. The molecule has 13 heavy (non-hydrogen) atoms. The van der Waals surface area contributed by atoms with Gasteiger partial charge in [-0.1, -0.05) is 20.3 Å². The molecule has 0 fully saturated rings. The molecule has 2 N–H and O–H groups in total. The molecule has 0 aliphatic carbocycles. The minimum atomic E-state index is -0.684. The van der Waals surface area contributed by atoms with E-state index in [9.17, 15) is 4.79 Å². The fourth-order valence-electron chi connectivity index (χ4n) is 1.30. The lowest BCUT2D eigenvalue weighted by Crippen LogP contribution is -2.25. The molecule has 0 saturated carbocycles. The Bertz CT molecular complexity index is 148. The van der Waals surface area contributed by atoms with Crippen molar-refractivity contribution in [3.8, 4) is 0 Å². The van der Waals surface area contributed by atoms with Crippen LogP contribution in [-0.2, 0) is 4.79 Å². The first kappa shape index (κ1) is 12.4. The summed E-state index contributed by atoms with van der Waals surface area (Å²) in [5, 5.41) is 11.9. The molecule has 3 heteroatoms. The van der Waals surface area contributed by atoms with Gasteiger partial charge in [0.05, 0.1) is 5.92 Å². The number of rotatable bonds is 7. The van der Waals surface area contributed by atoms with E-state index in [2.05, 4.69) is 19.2 Å². The summed E-state index contributed by atoms with van der Waals surface area (Å²) in [4.78, 5) is 10.5. The molecule has 0 saturated heterocycles. The van der Waals surface area contributed by atoms with Gasteiger partial charge in [0.25, 0.3) is 0 Å². The molecule has 78 valence electrons. The topological polar surface area (TPSA) is 49.3 Å². The van der Waals surface area contributed by atoms with Crippen LogP contribution < -0.4 is 5.32 Å². The Kier molecular flexibility index (Phi) is 6.59. The zero-order chi connectivity index (χ0) is 10.3. The number of carboxylic acids is 1. The van der Waals surface area contributed by atoms with Gasteiger partial charge in [0.15, 0.2) is 0 Å². The van der Waals surface area contributed by atoms with Crippen LogP contribution >= 0.6 is 0 Å². The zero-order valence-electron chi connectivity index (χ0n) is 8.84. The molecule has 0 rings (SSSR count). The van der Waals surface area contributed by atoms with Crippen LogP contribution in [0.5, 0.6) is 0 Å². The molecule has 0 radical (unpaired) electrons.